The summed E-state index contributed by atoms with van der Waals surface area (Å²) in [5.41, 5.74) is 0. The molecule has 5 heteroatoms. The van der Waals surface area contributed by atoms with E-state index in [1.807, 2.05) is 6.92 Å². The quantitative estimate of drug-likeness (QED) is 0.740. The van der Waals surface area contributed by atoms with E-state index in [2.05, 4.69) is 23.9 Å². The molecule has 0 aromatic carbocycles. The summed E-state index contributed by atoms with van der Waals surface area (Å²) in [6.45, 7) is 6.93. The lowest BCUT2D eigenvalue weighted by atomic mass is 10.3. The molecule has 0 aliphatic rings. The maximum Gasteiger partial charge on any atom is 0.150 e. The summed E-state index contributed by atoms with van der Waals surface area (Å²) in [6.07, 6.45) is 1.90. The molecular formula is C10H17N3OS. The second-order valence-electron chi connectivity index (χ2n) is 3.57. The number of thioether (sulfide) groups is 1. The van der Waals surface area contributed by atoms with Crippen molar-refractivity contribution in [2.24, 2.45) is 0 Å². The van der Waals surface area contributed by atoms with Gasteiger partial charge in [0.05, 0.1) is 12.2 Å². The molecule has 4 nitrogen and oxygen atoms in total. The third kappa shape index (κ3) is 4.03. The molecule has 0 spiro atoms. The Labute approximate surface area is 94.5 Å². The molecule has 15 heavy (non-hydrogen) atoms. The van der Waals surface area contributed by atoms with Crippen LogP contribution in [0.3, 0.4) is 0 Å². The fourth-order valence-corrected chi connectivity index (χ4v) is 1.80. The molecule has 1 rings (SSSR count). The van der Waals surface area contributed by atoms with Crippen LogP contribution in [0.2, 0.25) is 0 Å². The highest BCUT2D eigenvalue weighted by atomic mass is 32.2. The number of carbonyl (C=O) groups excluding carboxylic acids is 1. The number of nitrogens with zero attached hydrogens (tertiary/aromatic N) is 3. The Kier molecular flexibility index (Phi) is 4.81. The Morgan fingerprint density at radius 2 is 2.33 bits per heavy atom. The topological polar surface area (TPSA) is 47.8 Å². The summed E-state index contributed by atoms with van der Waals surface area (Å²) >= 11 is 1.67. The minimum absolute atomic E-state index is 0.219. The van der Waals surface area contributed by atoms with Gasteiger partial charge in [-0.3, -0.25) is 4.79 Å². The van der Waals surface area contributed by atoms with Gasteiger partial charge in [-0.25, -0.2) is 9.67 Å². The fourth-order valence-electron chi connectivity index (χ4n) is 1.18. The smallest absolute Gasteiger partial charge is 0.150 e. The van der Waals surface area contributed by atoms with Crippen LogP contribution in [0.5, 0.6) is 0 Å². The van der Waals surface area contributed by atoms with Crippen molar-refractivity contribution in [3.8, 4) is 0 Å². The van der Waals surface area contributed by atoms with E-state index < -0.39 is 0 Å². The second kappa shape index (κ2) is 5.90. The Bertz CT molecular complexity index is 322. The molecule has 0 unspecified atom stereocenters. The van der Waals surface area contributed by atoms with Crippen molar-refractivity contribution in [1.82, 2.24) is 14.8 Å². The molecule has 0 fully saturated rings. The van der Waals surface area contributed by atoms with Crippen molar-refractivity contribution in [2.75, 3.05) is 5.75 Å². The van der Waals surface area contributed by atoms with E-state index in [0.29, 0.717) is 17.4 Å². The summed E-state index contributed by atoms with van der Waals surface area (Å²) in [6, 6.07) is 0. The van der Waals surface area contributed by atoms with Crippen LogP contribution in [-0.2, 0) is 17.8 Å². The molecule has 0 amide bonds. The fraction of sp³-hybridized carbons (Fsp3) is 0.700. The van der Waals surface area contributed by atoms with Crippen LogP contribution in [0, 0.1) is 0 Å². The minimum Gasteiger partial charge on any atom is -0.298 e. The second-order valence-corrected chi connectivity index (χ2v) is 5.13. The summed E-state index contributed by atoms with van der Waals surface area (Å²) in [5.74, 6) is 1.55. The van der Waals surface area contributed by atoms with Gasteiger partial charge < -0.3 is 0 Å². The number of rotatable bonds is 6. The minimum atomic E-state index is 0.219. The van der Waals surface area contributed by atoms with Gasteiger partial charge in [-0.1, -0.05) is 13.8 Å². The highest BCUT2D eigenvalue weighted by Crippen LogP contribution is 2.10. The predicted octanol–water partition coefficient (Wildman–Crippen LogP) is 1.55. The maximum atomic E-state index is 11.6. The maximum absolute atomic E-state index is 11.6. The van der Waals surface area contributed by atoms with Crippen LogP contribution >= 0.6 is 11.8 Å². The van der Waals surface area contributed by atoms with E-state index in [4.69, 9.17) is 0 Å². The Hall–Kier alpha value is -0.840. The lowest BCUT2D eigenvalue weighted by Gasteiger charge is -2.04. The first-order chi connectivity index (χ1) is 7.13. The lowest BCUT2D eigenvalue weighted by Crippen LogP contribution is -2.13. The Morgan fingerprint density at radius 3 is 2.93 bits per heavy atom. The van der Waals surface area contributed by atoms with Gasteiger partial charge >= 0.3 is 0 Å². The molecule has 1 heterocycles. The number of ketones is 1. The molecular weight excluding hydrogens is 210 g/mol. The van der Waals surface area contributed by atoms with Crippen molar-refractivity contribution in [3.05, 3.63) is 12.2 Å². The molecule has 84 valence electrons. The normalized spacial score (nSPS) is 10.9. The van der Waals surface area contributed by atoms with Gasteiger partial charge in [0, 0.05) is 6.54 Å². The average molecular weight is 227 g/mol. The Balaban J connectivity index is 2.44. The summed E-state index contributed by atoms with van der Waals surface area (Å²) in [5, 5.41) is 4.53. The summed E-state index contributed by atoms with van der Waals surface area (Å²) in [4.78, 5) is 15.7. The molecule has 0 atom stereocenters. The lowest BCUT2D eigenvalue weighted by molar-refractivity contribution is -0.116. The molecule has 1 aromatic rings. The number of aromatic nitrogens is 3. The van der Waals surface area contributed by atoms with E-state index in [1.165, 1.54) is 6.33 Å². The average Bonchev–Trinajstić information content (AvgIpc) is 2.62. The SMILES string of the molecule is CCn1ncnc1CC(=O)CSC(C)C. The zero-order valence-electron chi connectivity index (χ0n) is 9.43. The van der Waals surface area contributed by atoms with E-state index >= 15 is 0 Å². The van der Waals surface area contributed by atoms with Gasteiger partial charge in [0.2, 0.25) is 0 Å². The number of aryl methyl sites for hydroxylation is 1. The number of hydrogen-bond acceptors (Lipinski definition) is 4. The monoisotopic (exact) mass is 227 g/mol. The van der Waals surface area contributed by atoms with Crippen LogP contribution < -0.4 is 0 Å². The molecule has 0 radical (unpaired) electrons. The first-order valence-corrected chi connectivity index (χ1v) is 6.18. The first-order valence-electron chi connectivity index (χ1n) is 5.13. The number of carbonyl (C=O) groups is 1. The molecule has 0 bridgehead atoms. The Morgan fingerprint density at radius 1 is 1.60 bits per heavy atom. The highest BCUT2D eigenvalue weighted by molar-refractivity contribution is 8.00. The van der Waals surface area contributed by atoms with Crippen LogP contribution in [-0.4, -0.2) is 31.6 Å². The van der Waals surface area contributed by atoms with Crippen LogP contribution in [0.4, 0.5) is 0 Å². The standard InChI is InChI=1S/C10H17N3OS/c1-4-13-10(11-7-12-13)5-9(14)6-15-8(2)3/h7-8H,4-6H2,1-3H3. The van der Waals surface area contributed by atoms with E-state index in [1.54, 1.807) is 16.4 Å². The zero-order chi connectivity index (χ0) is 11.3. The third-order valence-electron chi connectivity index (χ3n) is 1.93. The molecule has 0 N–H and O–H groups in total. The molecule has 0 aliphatic heterocycles. The van der Waals surface area contributed by atoms with Crippen LogP contribution in [0.25, 0.3) is 0 Å². The number of Topliss-reactive ketones (excluding diaryl/α,β-unsaturated/α-hetero) is 1. The third-order valence-corrected chi connectivity index (χ3v) is 3.08. The van der Waals surface area contributed by atoms with Gasteiger partial charge in [0.1, 0.15) is 17.9 Å². The number of hydrogen-bond donors (Lipinski definition) is 0. The van der Waals surface area contributed by atoms with E-state index in [9.17, 15) is 4.79 Å². The first kappa shape index (κ1) is 12.2. The van der Waals surface area contributed by atoms with Gasteiger partial charge in [-0.15, -0.1) is 0 Å². The van der Waals surface area contributed by atoms with Crippen LogP contribution in [0.1, 0.15) is 26.6 Å². The van der Waals surface area contributed by atoms with Crippen molar-refractivity contribution in [3.63, 3.8) is 0 Å². The van der Waals surface area contributed by atoms with Gasteiger partial charge in [-0.05, 0) is 12.2 Å². The molecule has 0 saturated heterocycles. The zero-order valence-corrected chi connectivity index (χ0v) is 10.3. The summed E-state index contributed by atoms with van der Waals surface area (Å²) < 4.78 is 1.76. The van der Waals surface area contributed by atoms with E-state index in [0.717, 1.165) is 12.4 Å². The van der Waals surface area contributed by atoms with Crippen LogP contribution in [0.15, 0.2) is 6.33 Å². The summed E-state index contributed by atoms with van der Waals surface area (Å²) in [7, 11) is 0. The van der Waals surface area contributed by atoms with Crippen molar-refractivity contribution in [1.29, 1.82) is 0 Å². The van der Waals surface area contributed by atoms with Gasteiger partial charge in [-0.2, -0.15) is 16.9 Å². The van der Waals surface area contributed by atoms with Gasteiger partial charge in [0.15, 0.2) is 0 Å². The molecule has 0 saturated carbocycles. The largest absolute Gasteiger partial charge is 0.298 e. The van der Waals surface area contributed by atoms with Crippen molar-refractivity contribution in [2.45, 2.75) is 39.0 Å². The van der Waals surface area contributed by atoms with Crippen molar-refractivity contribution >= 4 is 17.5 Å². The molecule has 1 aromatic heterocycles. The van der Waals surface area contributed by atoms with Gasteiger partial charge in [0.25, 0.3) is 0 Å². The van der Waals surface area contributed by atoms with Crippen molar-refractivity contribution < 1.29 is 4.79 Å². The highest BCUT2D eigenvalue weighted by Gasteiger charge is 2.09. The molecule has 0 aliphatic carbocycles. The predicted molar refractivity (Wildman–Crippen MR) is 62.0 cm³/mol. The van der Waals surface area contributed by atoms with E-state index in [-0.39, 0.29) is 5.78 Å².